The number of amides is 2. The number of carbonyl (C=O) groups excluding carboxylic acids is 2. The van der Waals surface area contributed by atoms with Crippen LogP contribution in [0.15, 0.2) is 47.1 Å². The fourth-order valence-electron chi connectivity index (χ4n) is 1.84. The number of halogens is 1. The molecule has 2 amide bonds. The molecule has 0 bridgehead atoms. The molecular formula is C15H11ClN4O2S2. The van der Waals surface area contributed by atoms with Crippen molar-refractivity contribution in [1.29, 1.82) is 0 Å². The van der Waals surface area contributed by atoms with E-state index in [0.29, 0.717) is 10.6 Å². The van der Waals surface area contributed by atoms with E-state index in [1.54, 1.807) is 24.3 Å². The molecule has 3 aromatic rings. The first-order valence-corrected chi connectivity index (χ1v) is 9.03. The molecule has 0 spiro atoms. The number of hydrazine groups is 1. The van der Waals surface area contributed by atoms with Gasteiger partial charge in [0.1, 0.15) is 11.4 Å². The van der Waals surface area contributed by atoms with Crippen molar-refractivity contribution in [3.05, 3.63) is 52.6 Å². The lowest BCUT2D eigenvalue weighted by atomic mass is 10.2. The first kappa shape index (κ1) is 16.7. The maximum atomic E-state index is 11.9. The highest BCUT2D eigenvalue weighted by Crippen LogP contribution is 2.28. The first-order valence-electron chi connectivity index (χ1n) is 6.79. The number of nitrogens with one attached hydrogen (secondary N) is 2. The van der Waals surface area contributed by atoms with Crippen LogP contribution in [0.3, 0.4) is 0 Å². The standard InChI is InChI=1S/C15H11ClN4O2S2/c16-10-3-1-9(2-4-10)14(22)20-19-12(21)7-24-15-13-11(5-6-23-13)17-8-18-15/h1-6,8H,7H2,(H,19,21)(H,20,22). The fourth-order valence-corrected chi connectivity index (χ4v) is 3.71. The van der Waals surface area contributed by atoms with E-state index in [0.717, 1.165) is 15.2 Å². The molecule has 122 valence electrons. The van der Waals surface area contributed by atoms with E-state index in [2.05, 4.69) is 20.8 Å². The average Bonchev–Trinajstić information content (AvgIpc) is 3.07. The Kier molecular flexibility index (Phi) is 5.29. The molecule has 1 aromatic carbocycles. The van der Waals surface area contributed by atoms with E-state index in [-0.39, 0.29) is 11.7 Å². The normalized spacial score (nSPS) is 10.5. The molecule has 2 heterocycles. The molecule has 0 saturated carbocycles. The smallest absolute Gasteiger partial charge is 0.269 e. The van der Waals surface area contributed by atoms with E-state index in [1.807, 2.05) is 11.4 Å². The van der Waals surface area contributed by atoms with Gasteiger partial charge < -0.3 is 0 Å². The van der Waals surface area contributed by atoms with Gasteiger partial charge in [-0.15, -0.1) is 11.3 Å². The number of benzene rings is 1. The lowest BCUT2D eigenvalue weighted by Crippen LogP contribution is -2.42. The number of hydrogen-bond acceptors (Lipinski definition) is 6. The van der Waals surface area contributed by atoms with Crippen LogP contribution in [0.25, 0.3) is 10.2 Å². The van der Waals surface area contributed by atoms with Crippen LogP contribution >= 0.6 is 34.7 Å². The lowest BCUT2D eigenvalue weighted by molar-refractivity contribution is -0.119. The van der Waals surface area contributed by atoms with Crippen LogP contribution < -0.4 is 10.9 Å². The molecule has 0 fully saturated rings. The topological polar surface area (TPSA) is 84.0 Å². The molecule has 2 N–H and O–H groups in total. The second kappa shape index (κ2) is 7.61. The zero-order valence-electron chi connectivity index (χ0n) is 12.2. The van der Waals surface area contributed by atoms with E-state index >= 15 is 0 Å². The molecule has 0 aliphatic heterocycles. The number of carbonyl (C=O) groups is 2. The summed E-state index contributed by atoms with van der Waals surface area (Å²) in [6.45, 7) is 0. The van der Waals surface area contributed by atoms with Crippen molar-refractivity contribution in [2.24, 2.45) is 0 Å². The number of thioether (sulfide) groups is 1. The molecule has 3 rings (SSSR count). The first-order chi connectivity index (χ1) is 11.6. The fraction of sp³-hybridized carbons (Fsp3) is 0.0667. The Bertz CT molecular complexity index is 883. The average molecular weight is 379 g/mol. The van der Waals surface area contributed by atoms with E-state index in [1.165, 1.54) is 29.4 Å². The summed E-state index contributed by atoms with van der Waals surface area (Å²) in [6, 6.07) is 8.27. The Morgan fingerprint density at radius 3 is 2.71 bits per heavy atom. The molecular weight excluding hydrogens is 368 g/mol. The monoisotopic (exact) mass is 378 g/mol. The Balaban J connectivity index is 1.52. The predicted molar refractivity (Wildman–Crippen MR) is 95.2 cm³/mol. The second-order valence-electron chi connectivity index (χ2n) is 4.61. The van der Waals surface area contributed by atoms with Crippen molar-refractivity contribution < 1.29 is 9.59 Å². The Hall–Kier alpha value is -2.16. The quantitative estimate of drug-likeness (QED) is 0.414. The largest absolute Gasteiger partial charge is 0.272 e. The van der Waals surface area contributed by atoms with Gasteiger partial charge in [0.25, 0.3) is 5.91 Å². The van der Waals surface area contributed by atoms with Crippen LogP contribution in [0.5, 0.6) is 0 Å². The minimum absolute atomic E-state index is 0.130. The maximum Gasteiger partial charge on any atom is 0.269 e. The predicted octanol–water partition coefficient (Wildman–Crippen LogP) is 2.90. The molecule has 0 unspecified atom stereocenters. The summed E-state index contributed by atoms with van der Waals surface area (Å²) in [4.78, 5) is 32.1. The summed E-state index contributed by atoms with van der Waals surface area (Å²) in [7, 11) is 0. The number of thiophene rings is 1. The molecule has 0 saturated heterocycles. The van der Waals surface area contributed by atoms with Crippen LogP contribution in [0.2, 0.25) is 5.02 Å². The van der Waals surface area contributed by atoms with Gasteiger partial charge in [0.15, 0.2) is 0 Å². The minimum Gasteiger partial charge on any atom is -0.272 e. The van der Waals surface area contributed by atoms with Crippen molar-refractivity contribution in [2.75, 3.05) is 5.75 Å². The minimum atomic E-state index is -0.410. The molecule has 0 aliphatic rings. The SMILES string of the molecule is O=C(CSc1ncnc2ccsc12)NNC(=O)c1ccc(Cl)cc1. The summed E-state index contributed by atoms with van der Waals surface area (Å²) in [5, 5.41) is 3.21. The highest BCUT2D eigenvalue weighted by Gasteiger charge is 2.10. The van der Waals surface area contributed by atoms with Crippen LogP contribution in [0.1, 0.15) is 10.4 Å². The molecule has 24 heavy (non-hydrogen) atoms. The number of rotatable bonds is 4. The van der Waals surface area contributed by atoms with Crippen molar-refractivity contribution >= 4 is 56.7 Å². The van der Waals surface area contributed by atoms with Crippen molar-refractivity contribution in [2.45, 2.75) is 5.03 Å². The van der Waals surface area contributed by atoms with Gasteiger partial charge in [-0.1, -0.05) is 23.4 Å². The highest BCUT2D eigenvalue weighted by molar-refractivity contribution is 8.00. The van der Waals surface area contributed by atoms with Gasteiger partial charge in [-0.05, 0) is 35.7 Å². The zero-order chi connectivity index (χ0) is 16.9. The molecule has 2 aromatic heterocycles. The summed E-state index contributed by atoms with van der Waals surface area (Å²) < 4.78 is 0.945. The van der Waals surface area contributed by atoms with E-state index in [9.17, 15) is 9.59 Å². The van der Waals surface area contributed by atoms with Gasteiger partial charge in [0.05, 0.1) is 16.0 Å². The van der Waals surface area contributed by atoms with Gasteiger partial charge >= 0.3 is 0 Å². The van der Waals surface area contributed by atoms with Gasteiger partial charge in [0.2, 0.25) is 5.91 Å². The van der Waals surface area contributed by atoms with Gasteiger partial charge in [0, 0.05) is 10.6 Å². The number of aromatic nitrogens is 2. The molecule has 0 aliphatic carbocycles. The summed E-state index contributed by atoms with van der Waals surface area (Å²) >= 11 is 8.58. The molecule has 0 atom stereocenters. The second-order valence-corrected chi connectivity index (χ2v) is 6.93. The summed E-state index contributed by atoms with van der Waals surface area (Å²) in [6.07, 6.45) is 1.47. The lowest BCUT2D eigenvalue weighted by Gasteiger charge is -2.07. The van der Waals surface area contributed by atoms with E-state index in [4.69, 9.17) is 11.6 Å². The third-order valence-corrected chi connectivity index (χ3v) is 5.25. The van der Waals surface area contributed by atoms with Crippen LogP contribution in [-0.4, -0.2) is 27.5 Å². The zero-order valence-corrected chi connectivity index (χ0v) is 14.5. The number of fused-ring (bicyclic) bond motifs is 1. The molecule has 0 radical (unpaired) electrons. The van der Waals surface area contributed by atoms with Crippen molar-refractivity contribution in [1.82, 2.24) is 20.8 Å². The molecule has 9 heteroatoms. The van der Waals surface area contributed by atoms with Crippen LogP contribution in [-0.2, 0) is 4.79 Å². The van der Waals surface area contributed by atoms with Crippen molar-refractivity contribution in [3.63, 3.8) is 0 Å². The van der Waals surface area contributed by atoms with Gasteiger partial charge in [-0.2, -0.15) is 0 Å². The third kappa shape index (κ3) is 4.02. The van der Waals surface area contributed by atoms with Crippen LogP contribution in [0.4, 0.5) is 0 Å². The Morgan fingerprint density at radius 2 is 1.92 bits per heavy atom. The number of hydrogen-bond donors (Lipinski definition) is 2. The van der Waals surface area contributed by atoms with Gasteiger partial charge in [-0.25, -0.2) is 9.97 Å². The summed E-state index contributed by atoms with van der Waals surface area (Å²) in [5.74, 6) is -0.608. The Labute approximate surface area is 150 Å². The Morgan fingerprint density at radius 1 is 1.12 bits per heavy atom. The maximum absolute atomic E-state index is 11.9. The highest BCUT2D eigenvalue weighted by atomic mass is 35.5. The molecule has 6 nitrogen and oxygen atoms in total. The number of nitrogens with zero attached hydrogens (tertiary/aromatic N) is 2. The van der Waals surface area contributed by atoms with E-state index < -0.39 is 5.91 Å². The third-order valence-electron chi connectivity index (χ3n) is 2.97. The van der Waals surface area contributed by atoms with Gasteiger partial charge in [-0.3, -0.25) is 20.4 Å². The van der Waals surface area contributed by atoms with Crippen molar-refractivity contribution in [3.8, 4) is 0 Å². The van der Waals surface area contributed by atoms with Crippen LogP contribution in [0, 0.1) is 0 Å². The summed E-state index contributed by atoms with van der Waals surface area (Å²) in [5.41, 5.74) is 6.00.